The number of halogens is 1. The molecule has 0 bridgehead atoms. The predicted octanol–water partition coefficient (Wildman–Crippen LogP) is 2.50. The molecule has 112 valence electrons. The molecule has 0 saturated heterocycles. The van der Waals surface area contributed by atoms with Gasteiger partial charge < -0.3 is 5.32 Å². The fourth-order valence-corrected chi connectivity index (χ4v) is 2.07. The zero-order valence-corrected chi connectivity index (χ0v) is 12.6. The Balaban J connectivity index is 1.95. The van der Waals surface area contributed by atoms with Crippen LogP contribution in [0.2, 0.25) is 0 Å². The van der Waals surface area contributed by atoms with Crippen LogP contribution in [0.25, 0.3) is 0 Å². The van der Waals surface area contributed by atoms with Gasteiger partial charge in [0.25, 0.3) is 5.91 Å². The molecule has 1 aromatic heterocycles. The third-order valence-electron chi connectivity index (χ3n) is 3.56. The van der Waals surface area contributed by atoms with Crippen molar-refractivity contribution in [2.24, 2.45) is 0 Å². The molecule has 0 fully saturated rings. The van der Waals surface area contributed by atoms with E-state index in [0.717, 1.165) is 11.3 Å². The second kappa shape index (κ2) is 6.08. The van der Waals surface area contributed by atoms with E-state index in [2.05, 4.69) is 10.4 Å². The fraction of sp³-hybridized carbons (Fsp3) is 0.375. The molecular weight excluding hydrogens is 269 g/mol. The van der Waals surface area contributed by atoms with Gasteiger partial charge in [-0.1, -0.05) is 29.8 Å². The van der Waals surface area contributed by atoms with Crippen LogP contribution in [0.4, 0.5) is 4.39 Å². The number of benzene rings is 1. The molecule has 0 aliphatic rings. The molecule has 0 spiro atoms. The number of nitrogens with one attached hydrogen (secondary N) is 1. The van der Waals surface area contributed by atoms with Gasteiger partial charge in [0.05, 0.1) is 6.54 Å². The summed E-state index contributed by atoms with van der Waals surface area (Å²) in [6, 6.07) is 8.77. The SMILES string of the molecule is Cc1ccc(C(C)(F)C(=O)NCCn2nccc2C)cc1. The lowest BCUT2D eigenvalue weighted by atomic mass is 9.96. The first-order chi connectivity index (χ1) is 9.91. The largest absolute Gasteiger partial charge is 0.351 e. The van der Waals surface area contributed by atoms with E-state index in [1.807, 2.05) is 19.9 Å². The van der Waals surface area contributed by atoms with Crippen molar-refractivity contribution in [2.45, 2.75) is 33.0 Å². The van der Waals surface area contributed by atoms with E-state index < -0.39 is 11.6 Å². The normalized spacial score (nSPS) is 13.7. The molecule has 1 atom stereocenters. The average Bonchev–Trinajstić information content (AvgIpc) is 2.85. The first kappa shape index (κ1) is 15.2. The van der Waals surface area contributed by atoms with Gasteiger partial charge in [-0.05, 0) is 32.4 Å². The number of alkyl halides is 1. The summed E-state index contributed by atoms with van der Waals surface area (Å²) in [5, 5.41) is 6.74. The molecule has 1 heterocycles. The molecule has 1 aromatic carbocycles. The van der Waals surface area contributed by atoms with Crippen molar-refractivity contribution < 1.29 is 9.18 Å². The van der Waals surface area contributed by atoms with Crippen LogP contribution in [0.3, 0.4) is 0 Å². The minimum atomic E-state index is -2.03. The van der Waals surface area contributed by atoms with Crippen LogP contribution in [0.5, 0.6) is 0 Å². The van der Waals surface area contributed by atoms with Gasteiger partial charge in [-0.25, -0.2) is 4.39 Å². The molecule has 4 nitrogen and oxygen atoms in total. The Labute approximate surface area is 124 Å². The van der Waals surface area contributed by atoms with Gasteiger partial charge in [0.1, 0.15) is 0 Å². The molecule has 2 rings (SSSR count). The summed E-state index contributed by atoms with van der Waals surface area (Å²) in [6.45, 7) is 6.00. The van der Waals surface area contributed by atoms with Crippen LogP contribution >= 0.6 is 0 Å². The lowest BCUT2D eigenvalue weighted by Gasteiger charge is -2.20. The van der Waals surface area contributed by atoms with E-state index in [-0.39, 0.29) is 0 Å². The van der Waals surface area contributed by atoms with Crippen molar-refractivity contribution in [1.82, 2.24) is 15.1 Å². The van der Waals surface area contributed by atoms with E-state index in [9.17, 15) is 9.18 Å². The van der Waals surface area contributed by atoms with Crippen LogP contribution in [-0.2, 0) is 17.0 Å². The molecule has 0 radical (unpaired) electrons. The van der Waals surface area contributed by atoms with Crippen LogP contribution in [0.1, 0.15) is 23.7 Å². The average molecular weight is 289 g/mol. The Kier molecular flexibility index (Phi) is 4.40. The summed E-state index contributed by atoms with van der Waals surface area (Å²) in [5.74, 6) is -0.629. The Hall–Kier alpha value is -2.17. The van der Waals surface area contributed by atoms with Gasteiger partial charge in [-0.2, -0.15) is 5.10 Å². The summed E-state index contributed by atoms with van der Waals surface area (Å²) in [4.78, 5) is 12.0. The molecule has 1 N–H and O–H groups in total. The second-order valence-corrected chi connectivity index (χ2v) is 5.32. The zero-order valence-electron chi connectivity index (χ0n) is 12.6. The van der Waals surface area contributed by atoms with Gasteiger partial charge in [-0.3, -0.25) is 9.48 Å². The van der Waals surface area contributed by atoms with Crippen molar-refractivity contribution >= 4 is 5.91 Å². The number of hydrogen-bond acceptors (Lipinski definition) is 2. The van der Waals surface area contributed by atoms with Crippen LogP contribution in [0, 0.1) is 13.8 Å². The highest BCUT2D eigenvalue weighted by molar-refractivity contribution is 5.85. The number of carbonyl (C=O) groups is 1. The molecule has 1 amide bonds. The number of carbonyl (C=O) groups excluding carboxylic acids is 1. The molecular formula is C16H20FN3O. The highest BCUT2D eigenvalue weighted by Gasteiger charge is 2.34. The first-order valence-corrected chi connectivity index (χ1v) is 6.94. The van der Waals surface area contributed by atoms with Crippen LogP contribution < -0.4 is 5.32 Å². The lowest BCUT2D eigenvalue weighted by Crippen LogP contribution is -2.40. The Morgan fingerprint density at radius 2 is 1.95 bits per heavy atom. The first-order valence-electron chi connectivity index (χ1n) is 6.94. The maximum atomic E-state index is 14.7. The number of nitrogens with zero attached hydrogens (tertiary/aromatic N) is 2. The molecule has 21 heavy (non-hydrogen) atoms. The smallest absolute Gasteiger partial charge is 0.262 e. The van der Waals surface area contributed by atoms with Crippen molar-refractivity contribution in [1.29, 1.82) is 0 Å². The minimum Gasteiger partial charge on any atom is -0.351 e. The summed E-state index contributed by atoms with van der Waals surface area (Å²) in [7, 11) is 0. The van der Waals surface area contributed by atoms with Gasteiger partial charge in [0, 0.05) is 18.4 Å². The van der Waals surface area contributed by atoms with Gasteiger partial charge in [0.15, 0.2) is 0 Å². The van der Waals surface area contributed by atoms with E-state index >= 15 is 0 Å². The van der Waals surface area contributed by atoms with Gasteiger partial charge >= 0.3 is 0 Å². The third kappa shape index (κ3) is 3.48. The number of aromatic nitrogens is 2. The molecule has 1 unspecified atom stereocenters. The Morgan fingerprint density at radius 3 is 2.52 bits per heavy atom. The summed E-state index contributed by atoms with van der Waals surface area (Å²) in [6.07, 6.45) is 1.70. The summed E-state index contributed by atoms with van der Waals surface area (Å²) in [5.41, 5.74) is 0.364. The highest BCUT2D eigenvalue weighted by atomic mass is 19.1. The number of rotatable bonds is 5. The molecule has 2 aromatic rings. The number of amides is 1. The maximum Gasteiger partial charge on any atom is 0.262 e. The molecule has 0 aliphatic carbocycles. The van der Waals surface area contributed by atoms with E-state index in [1.54, 1.807) is 35.1 Å². The summed E-state index contributed by atoms with van der Waals surface area (Å²) >= 11 is 0. The molecule has 0 aliphatic heterocycles. The standard InChI is InChI=1S/C16H20FN3O/c1-12-4-6-14(7-5-12)16(3,17)15(21)18-10-11-20-13(2)8-9-19-20/h4-9H,10-11H2,1-3H3,(H,18,21). The van der Waals surface area contributed by atoms with Crippen molar-refractivity contribution in [3.8, 4) is 0 Å². The van der Waals surface area contributed by atoms with Crippen LogP contribution in [0.15, 0.2) is 36.5 Å². The van der Waals surface area contributed by atoms with Gasteiger partial charge in [-0.15, -0.1) is 0 Å². The molecule has 0 saturated carbocycles. The predicted molar refractivity (Wildman–Crippen MR) is 79.6 cm³/mol. The van der Waals surface area contributed by atoms with Crippen LogP contribution in [-0.4, -0.2) is 22.2 Å². The quantitative estimate of drug-likeness (QED) is 0.919. The second-order valence-electron chi connectivity index (χ2n) is 5.32. The monoisotopic (exact) mass is 289 g/mol. The number of hydrogen-bond donors (Lipinski definition) is 1. The zero-order chi connectivity index (χ0) is 15.5. The number of aryl methyl sites for hydroxylation is 2. The maximum absolute atomic E-state index is 14.7. The Bertz CT molecular complexity index is 617. The van der Waals surface area contributed by atoms with E-state index in [1.165, 1.54) is 6.92 Å². The van der Waals surface area contributed by atoms with Gasteiger partial charge in [0.2, 0.25) is 5.67 Å². The lowest BCUT2D eigenvalue weighted by molar-refractivity contribution is -0.132. The van der Waals surface area contributed by atoms with E-state index in [4.69, 9.17) is 0 Å². The Morgan fingerprint density at radius 1 is 1.29 bits per heavy atom. The summed E-state index contributed by atoms with van der Waals surface area (Å²) < 4.78 is 16.4. The minimum absolute atomic E-state index is 0.340. The van der Waals surface area contributed by atoms with Crippen molar-refractivity contribution in [2.75, 3.05) is 6.54 Å². The highest BCUT2D eigenvalue weighted by Crippen LogP contribution is 2.25. The molecule has 5 heteroatoms. The third-order valence-corrected chi connectivity index (χ3v) is 3.56. The fourth-order valence-electron chi connectivity index (χ4n) is 2.07. The van der Waals surface area contributed by atoms with E-state index in [0.29, 0.717) is 18.7 Å². The topological polar surface area (TPSA) is 46.9 Å². The van der Waals surface area contributed by atoms with Crippen molar-refractivity contribution in [3.05, 3.63) is 53.3 Å². The van der Waals surface area contributed by atoms with Crippen molar-refractivity contribution in [3.63, 3.8) is 0 Å².